The SMILES string of the molecule is O=C(OC1C=NN=N1)c1ccccc1. The molecule has 2 rings (SSSR count). The molecule has 0 aromatic heterocycles. The lowest BCUT2D eigenvalue weighted by Crippen LogP contribution is -2.15. The Balaban J connectivity index is 2.03. The van der Waals surface area contributed by atoms with Gasteiger partial charge < -0.3 is 4.74 Å². The lowest BCUT2D eigenvalue weighted by Gasteiger charge is -2.04. The van der Waals surface area contributed by atoms with Crippen molar-refractivity contribution < 1.29 is 9.53 Å². The fourth-order valence-electron chi connectivity index (χ4n) is 1.00. The van der Waals surface area contributed by atoms with E-state index in [2.05, 4.69) is 15.4 Å². The normalized spacial score (nSPS) is 18.4. The minimum atomic E-state index is -0.678. The molecule has 1 aromatic carbocycles. The summed E-state index contributed by atoms with van der Waals surface area (Å²) >= 11 is 0. The van der Waals surface area contributed by atoms with Crippen LogP contribution in [0.2, 0.25) is 0 Å². The summed E-state index contributed by atoms with van der Waals surface area (Å²) in [6.07, 6.45) is 0.684. The van der Waals surface area contributed by atoms with Crippen molar-refractivity contribution in [3.8, 4) is 0 Å². The topological polar surface area (TPSA) is 63.4 Å². The summed E-state index contributed by atoms with van der Waals surface area (Å²) in [7, 11) is 0. The van der Waals surface area contributed by atoms with Crippen LogP contribution < -0.4 is 0 Å². The number of nitrogens with zero attached hydrogens (tertiary/aromatic N) is 3. The molecule has 1 unspecified atom stereocenters. The van der Waals surface area contributed by atoms with Gasteiger partial charge in [0.25, 0.3) is 6.23 Å². The first-order valence-electron chi connectivity index (χ1n) is 4.05. The molecule has 0 fully saturated rings. The van der Waals surface area contributed by atoms with Crippen molar-refractivity contribution in [3.63, 3.8) is 0 Å². The largest absolute Gasteiger partial charge is 0.429 e. The number of rotatable bonds is 2. The number of benzene rings is 1. The van der Waals surface area contributed by atoms with E-state index in [0.717, 1.165) is 0 Å². The summed E-state index contributed by atoms with van der Waals surface area (Å²) in [6, 6.07) is 8.70. The van der Waals surface area contributed by atoms with Crippen molar-refractivity contribution in [1.82, 2.24) is 0 Å². The molecule has 14 heavy (non-hydrogen) atoms. The maximum Gasteiger partial charge on any atom is 0.340 e. The minimum Gasteiger partial charge on any atom is -0.429 e. The number of carbonyl (C=O) groups is 1. The highest BCUT2D eigenvalue weighted by atomic mass is 16.6. The van der Waals surface area contributed by atoms with Crippen molar-refractivity contribution in [2.75, 3.05) is 0 Å². The lowest BCUT2D eigenvalue weighted by molar-refractivity contribution is 0.0443. The first-order valence-corrected chi connectivity index (χ1v) is 4.05. The molecule has 1 aliphatic heterocycles. The van der Waals surface area contributed by atoms with Crippen molar-refractivity contribution in [2.24, 2.45) is 15.4 Å². The van der Waals surface area contributed by atoms with E-state index < -0.39 is 12.2 Å². The molecule has 1 atom stereocenters. The molecular formula is C9H7N3O2. The van der Waals surface area contributed by atoms with Gasteiger partial charge in [-0.1, -0.05) is 18.2 Å². The van der Waals surface area contributed by atoms with Gasteiger partial charge in [-0.15, -0.1) is 10.2 Å². The summed E-state index contributed by atoms with van der Waals surface area (Å²) in [5, 5.41) is 10.4. The van der Waals surface area contributed by atoms with Crippen LogP contribution in [0.1, 0.15) is 10.4 Å². The molecule has 5 nitrogen and oxygen atoms in total. The second-order valence-corrected chi connectivity index (χ2v) is 2.63. The zero-order chi connectivity index (χ0) is 9.80. The molecule has 0 saturated heterocycles. The van der Waals surface area contributed by atoms with Crippen LogP contribution >= 0.6 is 0 Å². The van der Waals surface area contributed by atoms with Crippen molar-refractivity contribution in [3.05, 3.63) is 35.9 Å². The smallest absolute Gasteiger partial charge is 0.340 e. The second-order valence-electron chi connectivity index (χ2n) is 2.63. The Morgan fingerprint density at radius 2 is 2.07 bits per heavy atom. The fraction of sp³-hybridized carbons (Fsp3) is 0.111. The molecule has 0 amide bonds. The van der Waals surface area contributed by atoms with Gasteiger partial charge in [0.1, 0.15) is 0 Å². The third kappa shape index (κ3) is 1.82. The summed E-state index contributed by atoms with van der Waals surface area (Å²) in [5.74, 6) is -0.428. The van der Waals surface area contributed by atoms with Crippen LogP contribution in [0.25, 0.3) is 0 Å². The van der Waals surface area contributed by atoms with E-state index in [1.165, 1.54) is 6.21 Å². The minimum absolute atomic E-state index is 0.428. The maximum absolute atomic E-state index is 11.4. The van der Waals surface area contributed by atoms with E-state index in [4.69, 9.17) is 4.74 Å². The standard InChI is InChI=1S/C9H7N3O2/c13-9(7-4-2-1-3-5-7)14-8-6-10-12-11-8/h1-6,8H. The van der Waals surface area contributed by atoms with Crippen LogP contribution in [0.5, 0.6) is 0 Å². The number of carbonyl (C=O) groups excluding carboxylic acids is 1. The first-order chi connectivity index (χ1) is 6.86. The van der Waals surface area contributed by atoms with Crippen LogP contribution in [0.15, 0.2) is 45.8 Å². The predicted molar refractivity (Wildman–Crippen MR) is 49.0 cm³/mol. The molecule has 0 bridgehead atoms. The van der Waals surface area contributed by atoms with E-state index in [0.29, 0.717) is 5.56 Å². The molecule has 0 spiro atoms. The van der Waals surface area contributed by atoms with Crippen LogP contribution in [0.3, 0.4) is 0 Å². The van der Waals surface area contributed by atoms with Gasteiger partial charge in [-0.25, -0.2) is 4.79 Å². The van der Waals surface area contributed by atoms with E-state index in [-0.39, 0.29) is 0 Å². The van der Waals surface area contributed by atoms with E-state index in [1.807, 2.05) is 6.07 Å². The Morgan fingerprint density at radius 1 is 1.29 bits per heavy atom. The van der Waals surface area contributed by atoms with Gasteiger partial charge in [-0.05, 0) is 17.4 Å². The van der Waals surface area contributed by atoms with Gasteiger partial charge in [-0.2, -0.15) is 0 Å². The quantitative estimate of drug-likeness (QED) is 0.663. The lowest BCUT2D eigenvalue weighted by atomic mass is 10.2. The second kappa shape index (κ2) is 3.78. The molecule has 0 aliphatic carbocycles. The summed E-state index contributed by atoms with van der Waals surface area (Å²) in [4.78, 5) is 11.4. The van der Waals surface area contributed by atoms with Crippen LogP contribution in [0.4, 0.5) is 0 Å². The van der Waals surface area contributed by atoms with Crippen LogP contribution in [-0.4, -0.2) is 18.4 Å². The van der Waals surface area contributed by atoms with E-state index >= 15 is 0 Å². The highest BCUT2D eigenvalue weighted by Gasteiger charge is 2.14. The number of hydrogen-bond acceptors (Lipinski definition) is 5. The summed E-state index contributed by atoms with van der Waals surface area (Å²) < 4.78 is 4.95. The molecule has 70 valence electrons. The van der Waals surface area contributed by atoms with Crippen molar-refractivity contribution in [2.45, 2.75) is 6.23 Å². The molecule has 5 heteroatoms. The Hall–Kier alpha value is -2.04. The van der Waals surface area contributed by atoms with Gasteiger partial charge in [0.15, 0.2) is 0 Å². The molecule has 1 heterocycles. The number of esters is 1. The summed E-state index contributed by atoms with van der Waals surface area (Å²) in [5.41, 5.74) is 0.489. The van der Waals surface area contributed by atoms with Gasteiger partial charge in [0.2, 0.25) is 0 Å². The maximum atomic E-state index is 11.4. The van der Waals surface area contributed by atoms with Gasteiger partial charge >= 0.3 is 5.97 Å². The number of ether oxygens (including phenoxy) is 1. The zero-order valence-electron chi connectivity index (χ0n) is 7.20. The Bertz CT molecular complexity index is 374. The van der Waals surface area contributed by atoms with Gasteiger partial charge in [0, 0.05) is 0 Å². The van der Waals surface area contributed by atoms with Gasteiger partial charge in [0.05, 0.1) is 11.8 Å². The predicted octanol–water partition coefficient (Wildman–Crippen LogP) is 1.62. The average molecular weight is 189 g/mol. The molecule has 0 radical (unpaired) electrons. The molecule has 0 N–H and O–H groups in total. The number of hydrogen-bond donors (Lipinski definition) is 0. The van der Waals surface area contributed by atoms with Crippen molar-refractivity contribution in [1.29, 1.82) is 0 Å². The fourth-order valence-corrected chi connectivity index (χ4v) is 1.00. The highest BCUT2D eigenvalue weighted by Crippen LogP contribution is 2.06. The van der Waals surface area contributed by atoms with Gasteiger partial charge in [-0.3, -0.25) is 0 Å². The van der Waals surface area contributed by atoms with Crippen molar-refractivity contribution >= 4 is 12.2 Å². The Kier molecular flexibility index (Phi) is 2.31. The molecule has 1 aliphatic rings. The molecular weight excluding hydrogens is 182 g/mol. The highest BCUT2D eigenvalue weighted by molar-refractivity contribution is 5.90. The third-order valence-electron chi connectivity index (χ3n) is 1.65. The van der Waals surface area contributed by atoms with E-state index in [9.17, 15) is 4.79 Å². The molecule has 1 aromatic rings. The summed E-state index contributed by atoms with van der Waals surface area (Å²) in [6.45, 7) is 0. The Labute approximate surface area is 80.1 Å². The Morgan fingerprint density at radius 3 is 2.71 bits per heavy atom. The first kappa shape index (κ1) is 8.55. The third-order valence-corrected chi connectivity index (χ3v) is 1.65. The van der Waals surface area contributed by atoms with E-state index in [1.54, 1.807) is 24.3 Å². The molecule has 0 saturated carbocycles. The average Bonchev–Trinajstić information content (AvgIpc) is 2.72. The van der Waals surface area contributed by atoms with Crippen LogP contribution in [0, 0.1) is 0 Å². The zero-order valence-corrected chi connectivity index (χ0v) is 7.20. The van der Waals surface area contributed by atoms with Crippen LogP contribution in [-0.2, 0) is 4.74 Å². The monoisotopic (exact) mass is 189 g/mol.